The Morgan fingerprint density at radius 3 is 2.59 bits per heavy atom. The van der Waals surface area contributed by atoms with Crippen molar-refractivity contribution in [3.63, 3.8) is 0 Å². The SMILES string of the molecule is CN=C(NCC1(SC)CCOCC1)N1CCC2(CCOC2)C1. The van der Waals surface area contributed by atoms with E-state index in [-0.39, 0.29) is 0 Å². The van der Waals surface area contributed by atoms with Crippen LogP contribution in [-0.2, 0) is 9.47 Å². The molecule has 0 aliphatic carbocycles. The van der Waals surface area contributed by atoms with E-state index in [9.17, 15) is 0 Å². The minimum absolute atomic E-state index is 0.294. The van der Waals surface area contributed by atoms with Crippen molar-refractivity contribution in [1.82, 2.24) is 10.2 Å². The molecule has 0 bridgehead atoms. The van der Waals surface area contributed by atoms with Gasteiger partial charge < -0.3 is 19.7 Å². The third-order valence-electron chi connectivity index (χ3n) is 5.54. The number of guanidine groups is 1. The number of rotatable bonds is 3. The molecule has 0 radical (unpaired) electrons. The van der Waals surface area contributed by atoms with Gasteiger partial charge in [0.25, 0.3) is 0 Å². The monoisotopic (exact) mass is 327 g/mol. The molecular formula is C16H29N3O2S. The minimum Gasteiger partial charge on any atom is -0.381 e. The molecule has 0 saturated carbocycles. The molecule has 0 aromatic heterocycles. The van der Waals surface area contributed by atoms with Gasteiger partial charge in [0.2, 0.25) is 0 Å². The highest BCUT2D eigenvalue weighted by Crippen LogP contribution is 2.38. The van der Waals surface area contributed by atoms with Crippen molar-refractivity contribution < 1.29 is 9.47 Å². The van der Waals surface area contributed by atoms with Gasteiger partial charge >= 0.3 is 0 Å². The lowest BCUT2D eigenvalue weighted by Crippen LogP contribution is -2.49. The lowest BCUT2D eigenvalue weighted by molar-refractivity contribution is 0.0781. The molecule has 5 nitrogen and oxygen atoms in total. The summed E-state index contributed by atoms with van der Waals surface area (Å²) in [7, 11) is 1.90. The Morgan fingerprint density at radius 2 is 1.95 bits per heavy atom. The predicted molar refractivity (Wildman–Crippen MR) is 91.7 cm³/mol. The van der Waals surface area contributed by atoms with E-state index >= 15 is 0 Å². The van der Waals surface area contributed by atoms with Crippen LogP contribution in [-0.4, -0.2) is 75.0 Å². The fourth-order valence-electron chi connectivity index (χ4n) is 3.86. The molecule has 1 atom stereocenters. The summed E-state index contributed by atoms with van der Waals surface area (Å²) in [6.07, 6.45) is 6.89. The van der Waals surface area contributed by atoms with Gasteiger partial charge in [-0.05, 0) is 31.9 Å². The van der Waals surface area contributed by atoms with E-state index < -0.39 is 0 Å². The van der Waals surface area contributed by atoms with Gasteiger partial charge in [-0.2, -0.15) is 11.8 Å². The molecule has 1 spiro atoms. The highest BCUT2D eigenvalue weighted by Gasteiger charge is 2.42. The van der Waals surface area contributed by atoms with E-state index in [0.717, 1.165) is 64.9 Å². The van der Waals surface area contributed by atoms with Crippen molar-refractivity contribution in [3.8, 4) is 0 Å². The molecule has 1 unspecified atom stereocenters. The maximum absolute atomic E-state index is 5.63. The Morgan fingerprint density at radius 1 is 1.18 bits per heavy atom. The quantitative estimate of drug-likeness (QED) is 0.630. The highest BCUT2D eigenvalue weighted by molar-refractivity contribution is 8.00. The van der Waals surface area contributed by atoms with Gasteiger partial charge in [0.15, 0.2) is 5.96 Å². The molecule has 126 valence electrons. The van der Waals surface area contributed by atoms with Crippen molar-refractivity contribution in [3.05, 3.63) is 0 Å². The smallest absolute Gasteiger partial charge is 0.193 e. The van der Waals surface area contributed by atoms with Crippen molar-refractivity contribution in [2.75, 3.05) is 59.4 Å². The summed E-state index contributed by atoms with van der Waals surface area (Å²) in [5.41, 5.74) is 0.382. The number of thioether (sulfide) groups is 1. The fourth-order valence-corrected chi connectivity index (χ4v) is 4.65. The van der Waals surface area contributed by atoms with Gasteiger partial charge in [0.05, 0.1) is 6.61 Å². The minimum atomic E-state index is 0.294. The van der Waals surface area contributed by atoms with Crippen LogP contribution < -0.4 is 5.32 Å². The fraction of sp³-hybridized carbons (Fsp3) is 0.938. The second kappa shape index (κ2) is 6.97. The van der Waals surface area contributed by atoms with Gasteiger partial charge in [-0.1, -0.05) is 0 Å². The summed E-state index contributed by atoms with van der Waals surface area (Å²) >= 11 is 1.97. The van der Waals surface area contributed by atoms with Crippen LogP contribution in [0.2, 0.25) is 0 Å². The molecule has 0 aromatic carbocycles. The largest absolute Gasteiger partial charge is 0.381 e. The predicted octanol–water partition coefficient (Wildman–Crippen LogP) is 1.59. The molecule has 3 fully saturated rings. The first kappa shape index (κ1) is 16.4. The van der Waals surface area contributed by atoms with E-state index in [1.807, 2.05) is 18.8 Å². The molecule has 22 heavy (non-hydrogen) atoms. The van der Waals surface area contributed by atoms with Crippen LogP contribution in [0.15, 0.2) is 4.99 Å². The molecule has 3 rings (SSSR count). The van der Waals surface area contributed by atoms with Gasteiger partial charge in [0, 0.05) is 56.7 Å². The molecular weight excluding hydrogens is 298 g/mol. The molecule has 3 aliphatic heterocycles. The van der Waals surface area contributed by atoms with Gasteiger partial charge in [-0.15, -0.1) is 0 Å². The lowest BCUT2D eigenvalue weighted by atomic mass is 9.87. The maximum Gasteiger partial charge on any atom is 0.193 e. The number of likely N-dealkylation sites (tertiary alicyclic amines) is 1. The Hall–Kier alpha value is -0.460. The van der Waals surface area contributed by atoms with Crippen LogP contribution in [0, 0.1) is 5.41 Å². The molecule has 1 N–H and O–H groups in total. The van der Waals surface area contributed by atoms with Crippen LogP contribution >= 0.6 is 11.8 Å². The summed E-state index contributed by atoms with van der Waals surface area (Å²) in [5.74, 6) is 1.06. The first-order valence-electron chi connectivity index (χ1n) is 8.37. The molecule has 3 aliphatic rings. The Balaban J connectivity index is 1.56. The summed E-state index contributed by atoms with van der Waals surface area (Å²) in [6, 6.07) is 0. The standard InChI is InChI=1S/C16H29N3O2S/c1-17-14(18-11-16(22-2)5-9-20-10-6-16)19-7-3-15(12-19)4-8-21-13-15/h3-13H2,1-2H3,(H,17,18). The average molecular weight is 327 g/mol. The second-order valence-corrected chi connectivity index (χ2v) is 8.15. The Labute approximate surface area is 138 Å². The third-order valence-corrected chi connectivity index (χ3v) is 6.96. The number of ether oxygens (including phenoxy) is 2. The second-order valence-electron chi connectivity index (χ2n) is 6.87. The van der Waals surface area contributed by atoms with Crippen molar-refractivity contribution >= 4 is 17.7 Å². The first-order valence-corrected chi connectivity index (χ1v) is 9.60. The topological polar surface area (TPSA) is 46.1 Å². The van der Waals surface area contributed by atoms with Crippen molar-refractivity contribution in [1.29, 1.82) is 0 Å². The maximum atomic E-state index is 5.63. The summed E-state index contributed by atoms with van der Waals surface area (Å²) in [4.78, 5) is 6.94. The summed E-state index contributed by atoms with van der Waals surface area (Å²) < 4.78 is 11.4. The van der Waals surface area contributed by atoms with Crippen LogP contribution in [0.1, 0.15) is 25.7 Å². The van der Waals surface area contributed by atoms with E-state index in [0.29, 0.717) is 10.2 Å². The van der Waals surface area contributed by atoms with Crippen molar-refractivity contribution in [2.45, 2.75) is 30.4 Å². The first-order chi connectivity index (χ1) is 10.7. The van der Waals surface area contributed by atoms with Crippen LogP contribution in [0.25, 0.3) is 0 Å². The number of nitrogens with one attached hydrogen (secondary N) is 1. The van der Waals surface area contributed by atoms with E-state index in [1.165, 1.54) is 12.8 Å². The molecule has 6 heteroatoms. The van der Waals surface area contributed by atoms with E-state index in [2.05, 4.69) is 21.5 Å². The van der Waals surface area contributed by atoms with Gasteiger partial charge in [0.1, 0.15) is 0 Å². The normalized spacial score (nSPS) is 31.9. The summed E-state index contributed by atoms with van der Waals surface area (Å²) in [6.45, 7) is 6.77. The van der Waals surface area contributed by atoms with Gasteiger partial charge in [-0.25, -0.2) is 0 Å². The highest BCUT2D eigenvalue weighted by atomic mass is 32.2. The number of nitrogens with zero attached hydrogens (tertiary/aromatic N) is 2. The number of hydrogen-bond donors (Lipinski definition) is 1. The Kier molecular flexibility index (Phi) is 5.20. The number of hydrogen-bond acceptors (Lipinski definition) is 4. The third kappa shape index (κ3) is 3.39. The van der Waals surface area contributed by atoms with Gasteiger partial charge in [-0.3, -0.25) is 4.99 Å². The van der Waals surface area contributed by atoms with E-state index in [4.69, 9.17) is 9.47 Å². The molecule has 0 aromatic rings. The zero-order valence-corrected chi connectivity index (χ0v) is 14.7. The number of aliphatic imine (C=N–C) groups is 1. The van der Waals surface area contributed by atoms with E-state index in [1.54, 1.807) is 0 Å². The zero-order valence-electron chi connectivity index (χ0n) is 13.9. The van der Waals surface area contributed by atoms with Crippen molar-refractivity contribution in [2.24, 2.45) is 10.4 Å². The van der Waals surface area contributed by atoms with Crippen LogP contribution in [0.4, 0.5) is 0 Å². The lowest BCUT2D eigenvalue weighted by Gasteiger charge is -2.37. The molecule has 0 amide bonds. The average Bonchev–Trinajstić information content (AvgIpc) is 3.20. The van der Waals surface area contributed by atoms with Crippen LogP contribution in [0.5, 0.6) is 0 Å². The molecule has 3 saturated heterocycles. The van der Waals surface area contributed by atoms with Crippen LogP contribution in [0.3, 0.4) is 0 Å². The Bertz CT molecular complexity index is 404. The zero-order chi connectivity index (χ0) is 15.5. The molecule has 3 heterocycles. The summed E-state index contributed by atoms with van der Waals surface area (Å²) in [5, 5.41) is 3.64.